The maximum atomic E-state index is 12.4. The van der Waals surface area contributed by atoms with E-state index in [1.807, 2.05) is 4.90 Å². The van der Waals surface area contributed by atoms with Crippen LogP contribution in [0.15, 0.2) is 24.3 Å². The van der Waals surface area contributed by atoms with Crippen molar-refractivity contribution in [3.63, 3.8) is 0 Å². The molecule has 1 aromatic heterocycles. The first kappa shape index (κ1) is 21.6. The number of benzene rings is 1. The molecule has 0 unspecified atom stereocenters. The van der Waals surface area contributed by atoms with E-state index in [2.05, 4.69) is 15.3 Å². The molecule has 0 radical (unpaired) electrons. The number of amides is 1. The lowest BCUT2D eigenvalue weighted by Crippen LogP contribution is -2.37. The minimum atomic E-state index is -0.349. The monoisotopic (exact) mass is 418 g/mol. The molecular weight excluding hydrogens is 392 g/mol. The van der Waals surface area contributed by atoms with Gasteiger partial charge in [0.05, 0.1) is 45.4 Å². The van der Waals surface area contributed by atoms with E-state index >= 15 is 0 Å². The van der Waals surface area contributed by atoms with E-state index in [0.717, 1.165) is 0 Å². The number of carbonyl (C=O) groups is 1. The van der Waals surface area contributed by atoms with Gasteiger partial charge in [-0.2, -0.15) is 4.98 Å². The summed E-state index contributed by atoms with van der Waals surface area (Å²) in [6, 6.07) is 6.78. The van der Waals surface area contributed by atoms with E-state index in [1.165, 1.54) is 7.11 Å². The van der Waals surface area contributed by atoms with Gasteiger partial charge in [0.15, 0.2) is 6.61 Å². The maximum absolute atomic E-state index is 12.4. The number of methoxy groups -OCH3 is 3. The summed E-state index contributed by atoms with van der Waals surface area (Å²) in [5, 5.41) is 2.76. The Morgan fingerprint density at radius 3 is 2.63 bits per heavy atom. The van der Waals surface area contributed by atoms with Crippen molar-refractivity contribution in [1.82, 2.24) is 9.97 Å². The summed E-state index contributed by atoms with van der Waals surface area (Å²) in [4.78, 5) is 23.3. The van der Waals surface area contributed by atoms with Gasteiger partial charge in [-0.25, -0.2) is 4.98 Å². The molecule has 2 aromatic rings. The fraction of sp³-hybridized carbons (Fsp3) is 0.450. The molecule has 1 fully saturated rings. The quantitative estimate of drug-likeness (QED) is 0.648. The molecule has 1 aromatic carbocycles. The fourth-order valence-electron chi connectivity index (χ4n) is 2.89. The van der Waals surface area contributed by atoms with Crippen LogP contribution in [0, 0.1) is 0 Å². The molecule has 1 saturated heterocycles. The lowest BCUT2D eigenvalue weighted by atomic mass is 10.2. The molecule has 0 atom stereocenters. The summed E-state index contributed by atoms with van der Waals surface area (Å²) < 4.78 is 26.6. The maximum Gasteiger partial charge on any atom is 0.262 e. The van der Waals surface area contributed by atoms with Gasteiger partial charge in [0.2, 0.25) is 11.8 Å². The zero-order chi connectivity index (χ0) is 21.3. The second-order valence-electron chi connectivity index (χ2n) is 6.43. The number of morpholine rings is 1. The molecule has 0 bridgehead atoms. The third kappa shape index (κ3) is 5.71. The van der Waals surface area contributed by atoms with Gasteiger partial charge in [-0.1, -0.05) is 0 Å². The highest BCUT2D eigenvalue weighted by molar-refractivity contribution is 5.93. The molecule has 10 heteroatoms. The SMILES string of the molecule is COCc1cc(OCC(=O)Nc2ccc(OC)cc2OC)nc(N2CCOCC2)n1. The summed E-state index contributed by atoms with van der Waals surface area (Å²) in [5.74, 6) is 1.60. The number of ether oxygens (including phenoxy) is 5. The van der Waals surface area contributed by atoms with Gasteiger partial charge >= 0.3 is 0 Å². The normalized spacial score (nSPS) is 13.6. The van der Waals surface area contributed by atoms with Gasteiger partial charge < -0.3 is 33.9 Å². The van der Waals surface area contributed by atoms with Gasteiger partial charge in [0.25, 0.3) is 5.91 Å². The highest BCUT2D eigenvalue weighted by Crippen LogP contribution is 2.29. The van der Waals surface area contributed by atoms with Gasteiger partial charge in [-0.3, -0.25) is 4.79 Å². The average molecular weight is 418 g/mol. The van der Waals surface area contributed by atoms with E-state index in [9.17, 15) is 4.79 Å². The van der Waals surface area contributed by atoms with Crippen molar-refractivity contribution in [3.8, 4) is 17.4 Å². The fourth-order valence-corrected chi connectivity index (χ4v) is 2.89. The summed E-state index contributed by atoms with van der Waals surface area (Å²) in [6.07, 6.45) is 0. The van der Waals surface area contributed by atoms with Crippen LogP contribution in [0.1, 0.15) is 5.69 Å². The second kappa shape index (κ2) is 10.6. The first-order valence-corrected chi connectivity index (χ1v) is 9.47. The topological polar surface area (TPSA) is 104 Å². The number of nitrogens with zero attached hydrogens (tertiary/aromatic N) is 3. The van der Waals surface area contributed by atoms with Crippen molar-refractivity contribution in [2.75, 3.05) is 64.5 Å². The summed E-state index contributed by atoms with van der Waals surface area (Å²) >= 11 is 0. The van der Waals surface area contributed by atoms with Crippen molar-refractivity contribution in [3.05, 3.63) is 30.0 Å². The van der Waals surface area contributed by atoms with Crippen LogP contribution in [0.25, 0.3) is 0 Å². The number of nitrogens with one attached hydrogen (secondary N) is 1. The second-order valence-corrected chi connectivity index (χ2v) is 6.43. The highest BCUT2D eigenvalue weighted by atomic mass is 16.5. The molecule has 1 aliphatic heterocycles. The van der Waals surface area contributed by atoms with Gasteiger partial charge in [0.1, 0.15) is 11.5 Å². The standard InChI is InChI=1S/C20H26N4O6/c1-26-12-14-10-19(23-20(21-14)24-6-8-29-9-7-24)30-13-18(25)22-16-5-4-15(27-2)11-17(16)28-3/h4-5,10-11H,6-9,12-13H2,1-3H3,(H,22,25). The van der Waals surface area contributed by atoms with Gasteiger partial charge in [0, 0.05) is 32.3 Å². The van der Waals surface area contributed by atoms with E-state index in [1.54, 1.807) is 38.5 Å². The minimum absolute atomic E-state index is 0.221. The Hall–Kier alpha value is -3.11. The Kier molecular flexibility index (Phi) is 7.63. The number of hydrogen-bond acceptors (Lipinski definition) is 9. The van der Waals surface area contributed by atoms with Crippen molar-refractivity contribution in [2.24, 2.45) is 0 Å². The largest absolute Gasteiger partial charge is 0.497 e. The Bertz CT molecular complexity index is 857. The van der Waals surface area contributed by atoms with Crippen molar-refractivity contribution >= 4 is 17.5 Å². The first-order chi connectivity index (χ1) is 14.6. The third-order valence-electron chi connectivity index (χ3n) is 4.36. The molecule has 1 N–H and O–H groups in total. The predicted molar refractivity (Wildman–Crippen MR) is 109 cm³/mol. The van der Waals surface area contributed by atoms with Crippen LogP contribution >= 0.6 is 0 Å². The minimum Gasteiger partial charge on any atom is -0.497 e. The van der Waals surface area contributed by atoms with E-state index in [0.29, 0.717) is 67.6 Å². The summed E-state index contributed by atoms with van der Waals surface area (Å²) in [5.41, 5.74) is 1.19. The summed E-state index contributed by atoms with van der Waals surface area (Å²) in [7, 11) is 4.67. The van der Waals surface area contributed by atoms with Crippen molar-refractivity contribution in [1.29, 1.82) is 0 Å². The van der Waals surface area contributed by atoms with E-state index in [-0.39, 0.29) is 12.5 Å². The zero-order valence-corrected chi connectivity index (χ0v) is 17.3. The van der Waals surface area contributed by atoms with Crippen LogP contribution in [-0.4, -0.2) is 70.1 Å². The molecule has 0 aliphatic carbocycles. The Labute approximate surface area is 175 Å². The number of anilines is 2. The zero-order valence-electron chi connectivity index (χ0n) is 17.3. The van der Waals surface area contributed by atoms with Crippen LogP contribution in [0.5, 0.6) is 17.4 Å². The molecular formula is C20H26N4O6. The third-order valence-corrected chi connectivity index (χ3v) is 4.36. The number of aromatic nitrogens is 2. The Morgan fingerprint density at radius 1 is 1.13 bits per heavy atom. The van der Waals surface area contributed by atoms with Gasteiger partial charge in [-0.15, -0.1) is 0 Å². The summed E-state index contributed by atoms with van der Waals surface area (Å²) in [6.45, 7) is 2.69. The van der Waals surface area contributed by atoms with E-state index in [4.69, 9.17) is 23.7 Å². The highest BCUT2D eigenvalue weighted by Gasteiger charge is 2.17. The molecule has 10 nitrogen and oxygen atoms in total. The molecule has 2 heterocycles. The van der Waals surface area contributed by atoms with Crippen LogP contribution < -0.4 is 24.4 Å². The molecule has 0 saturated carbocycles. The molecule has 3 rings (SSSR count). The number of hydrogen-bond donors (Lipinski definition) is 1. The van der Waals surface area contributed by atoms with Gasteiger partial charge in [-0.05, 0) is 12.1 Å². The van der Waals surface area contributed by atoms with E-state index < -0.39 is 0 Å². The number of rotatable bonds is 9. The average Bonchev–Trinajstić information content (AvgIpc) is 2.78. The lowest BCUT2D eigenvalue weighted by molar-refractivity contribution is -0.118. The first-order valence-electron chi connectivity index (χ1n) is 9.47. The van der Waals surface area contributed by atoms with Crippen LogP contribution in [0.2, 0.25) is 0 Å². The Balaban J connectivity index is 1.67. The molecule has 30 heavy (non-hydrogen) atoms. The number of carbonyl (C=O) groups excluding carboxylic acids is 1. The molecule has 1 aliphatic rings. The predicted octanol–water partition coefficient (Wildman–Crippen LogP) is 1.49. The molecule has 162 valence electrons. The molecule has 1 amide bonds. The van der Waals surface area contributed by atoms with Crippen LogP contribution in [0.4, 0.5) is 11.6 Å². The van der Waals surface area contributed by atoms with Crippen molar-refractivity contribution in [2.45, 2.75) is 6.61 Å². The molecule has 0 spiro atoms. The van der Waals surface area contributed by atoms with Crippen LogP contribution in [0.3, 0.4) is 0 Å². The smallest absolute Gasteiger partial charge is 0.262 e. The van der Waals surface area contributed by atoms with Crippen molar-refractivity contribution < 1.29 is 28.5 Å². The van der Waals surface area contributed by atoms with Crippen LogP contribution in [-0.2, 0) is 20.9 Å². The lowest BCUT2D eigenvalue weighted by Gasteiger charge is -2.27. The Morgan fingerprint density at radius 2 is 1.93 bits per heavy atom.